The van der Waals surface area contributed by atoms with Gasteiger partial charge in [-0.05, 0) is 23.8 Å². The standard InChI is InChI=1S/C18H18FN3O4/c1-20-16(23)15(17(24)21-26)22(2)18(25)12-9-7-11(8-10-12)13-5-3-4-6-14(13)19/h3-10,15,26H,1-2H3,(H,20,23)(H,21,24). The molecule has 0 saturated carbocycles. The number of benzene rings is 2. The second-order valence-electron chi connectivity index (χ2n) is 5.47. The molecule has 2 aromatic rings. The lowest BCUT2D eigenvalue weighted by molar-refractivity contribution is -0.140. The molecule has 2 rings (SSSR count). The van der Waals surface area contributed by atoms with Crippen molar-refractivity contribution in [1.29, 1.82) is 0 Å². The van der Waals surface area contributed by atoms with Gasteiger partial charge in [0.05, 0.1) is 0 Å². The zero-order valence-corrected chi connectivity index (χ0v) is 14.2. The number of likely N-dealkylation sites (N-methyl/N-ethyl adjacent to an activating group) is 2. The van der Waals surface area contributed by atoms with Crippen molar-refractivity contribution < 1.29 is 24.0 Å². The maximum absolute atomic E-state index is 13.8. The fraction of sp³-hybridized carbons (Fsp3) is 0.167. The van der Waals surface area contributed by atoms with Gasteiger partial charge in [-0.1, -0.05) is 30.3 Å². The van der Waals surface area contributed by atoms with E-state index in [1.807, 2.05) is 0 Å². The second-order valence-corrected chi connectivity index (χ2v) is 5.47. The molecule has 7 nitrogen and oxygen atoms in total. The lowest BCUT2D eigenvalue weighted by Crippen LogP contribution is -2.54. The molecule has 2 aromatic carbocycles. The SMILES string of the molecule is CNC(=O)C(C(=O)NO)N(C)C(=O)c1ccc(-c2ccccc2F)cc1. The molecule has 1 atom stereocenters. The summed E-state index contributed by atoms with van der Waals surface area (Å²) in [6.45, 7) is 0. The molecule has 0 aromatic heterocycles. The zero-order chi connectivity index (χ0) is 19.3. The molecule has 136 valence electrons. The van der Waals surface area contributed by atoms with Gasteiger partial charge in [0.1, 0.15) is 5.82 Å². The smallest absolute Gasteiger partial charge is 0.275 e. The number of hydroxylamine groups is 1. The predicted molar refractivity (Wildman–Crippen MR) is 91.7 cm³/mol. The molecule has 0 radical (unpaired) electrons. The van der Waals surface area contributed by atoms with Crippen molar-refractivity contribution in [3.63, 3.8) is 0 Å². The summed E-state index contributed by atoms with van der Waals surface area (Å²) >= 11 is 0. The van der Waals surface area contributed by atoms with Gasteiger partial charge in [0, 0.05) is 25.2 Å². The Morgan fingerprint density at radius 2 is 1.65 bits per heavy atom. The van der Waals surface area contributed by atoms with E-state index in [0.717, 1.165) is 4.90 Å². The van der Waals surface area contributed by atoms with Crippen LogP contribution in [0.25, 0.3) is 11.1 Å². The number of nitrogens with one attached hydrogen (secondary N) is 2. The monoisotopic (exact) mass is 359 g/mol. The van der Waals surface area contributed by atoms with Gasteiger partial charge < -0.3 is 10.2 Å². The third kappa shape index (κ3) is 3.86. The van der Waals surface area contributed by atoms with E-state index in [1.165, 1.54) is 37.8 Å². The molecular weight excluding hydrogens is 341 g/mol. The lowest BCUT2D eigenvalue weighted by Gasteiger charge is -2.25. The minimum atomic E-state index is -1.54. The molecule has 0 aliphatic heterocycles. The van der Waals surface area contributed by atoms with E-state index in [9.17, 15) is 18.8 Å². The third-order valence-corrected chi connectivity index (χ3v) is 3.88. The summed E-state index contributed by atoms with van der Waals surface area (Å²) in [6.07, 6.45) is 0. The van der Waals surface area contributed by atoms with E-state index in [-0.39, 0.29) is 11.4 Å². The summed E-state index contributed by atoms with van der Waals surface area (Å²) in [6, 6.07) is 10.8. The van der Waals surface area contributed by atoms with Gasteiger partial charge in [-0.3, -0.25) is 19.6 Å². The van der Waals surface area contributed by atoms with Crippen LogP contribution in [0.15, 0.2) is 48.5 Å². The summed E-state index contributed by atoms with van der Waals surface area (Å²) in [5, 5.41) is 11.0. The van der Waals surface area contributed by atoms with Crippen molar-refractivity contribution in [3.8, 4) is 11.1 Å². The minimum absolute atomic E-state index is 0.201. The number of rotatable bonds is 5. The van der Waals surface area contributed by atoms with Gasteiger partial charge in [-0.25, -0.2) is 9.87 Å². The largest absolute Gasteiger partial charge is 0.357 e. The average molecular weight is 359 g/mol. The fourth-order valence-electron chi connectivity index (χ4n) is 2.48. The third-order valence-electron chi connectivity index (χ3n) is 3.88. The Bertz CT molecular complexity index is 807. The Balaban J connectivity index is 2.27. The number of amides is 3. The molecule has 3 amide bonds. The van der Waals surface area contributed by atoms with Crippen LogP contribution < -0.4 is 10.8 Å². The van der Waals surface area contributed by atoms with Crippen molar-refractivity contribution in [3.05, 3.63) is 59.9 Å². The van der Waals surface area contributed by atoms with Gasteiger partial charge in [0.25, 0.3) is 17.7 Å². The molecule has 0 fully saturated rings. The van der Waals surface area contributed by atoms with Crippen LogP contribution in [0, 0.1) is 5.82 Å². The molecule has 26 heavy (non-hydrogen) atoms. The number of hydrogen-bond acceptors (Lipinski definition) is 4. The van der Waals surface area contributed by atoms with E-state index in [1.54, 1.807) is 30.3 Å². The van der Waals surface area contributed by atoms with Gasteiger partial charge in [0.2, 0.25) is 0 Å². The van der Waals surface area contributed by atoms with Crippen LogP contribution in [0.5, 0.6) is 0 Å². The first-order valence-corrected chi connectivity index (χ1v) is 7.68. The maximum Gasteiger partial charge on any atom is 0.275 e. The van der Waals surface area contributed by atoms with E-state index in [2.05, 4.69) is 5.32 Å². The van der Waals surface area contributed by atoms with E-state index in [0.29, 0.717) is 11.1 Å². The molecule has 0 bridgehead atoms. The van der Waals surface area contributed by atoms with Gasteiger partial charge in [0.15, 0.2) is 6.04 Å². The first-order valence-electron chi connectivity index (χ1n) is 7.68. The number of hydrogen-bond donors (Lipinski definition) is 3. The Kier molecular flexibility index (Phi) is 6.03. The van der Waals surface area contributed by atoms with Crippen molar-refractivity contribution in [2.24, 2.45) is 0 Å². The minimum Gasteiger partial charge on any atom is -0.357 e. The molecular formula is C18H18FN3O4. The maximum atomic E-state index is 13.8. The predicted octanol–water partition coefficient (Wildman–Crippen LogP) is 1.18. The summed E-state index contributed by atoms with van der Waals surface area (Å²) in [4.78, 5) is 37.0. The Hall–Kier alpha value is -3.26. The Morgan fingerprint density at radius 1 is 1.04 bits per heavy atom. The highest BCUT2D eigenvalue weighted by molar-refractivity contribution is 6.08. The summed E-state index contributed by atoms with van der Waals surface area (Å²) in [5.41, 5.74) is 2.54. The first-order chi connectivity index (χ1) is 12.4. The highest BCUT2D eigenvalue weighted by atomic mass is 19.1. The number of carbonyl (C=O) groups excluding carboxylic acids is 3. The van der Waals surface area contributed by atoms with E-state index < -0.39 is 23.8 Å². The number of carbonyl (C=O) groups is 3. The molecule has 8 heteroatoms. The van der Waals surface area contributed by atoms with Crippen LogP contribution in [0.3, 0.4) is 0 Å². The summed E-state index contributed by atoms with van der Waals surface area (Å²) < 4.78 is 13.8. The fourth-order valence-corrected chi connectivity index (χ4v) is 2.48. The molecule has 1 unspecified atom stereocenters. The van der Waals surface area contributed by atoms with Crippen molar-refractivity contribution in [2.45, 2.75) is 6.04 Å². The number of halogens is 1. The topological polar surface area (TPSA) is 98.7 Å². The molecule has 0 spiro atoms. The molecule has 3 N–H and O–H groups in total. The summed E-state index contributed by atoms with van der Waals surface area (Å²) in [5.74, 6) is -2.79. The quantitative estimate of drug-likeness (QED) is 0.424. The van der Waals surface area contributed by atoms with Crippen LogP contribution in [0.2, 0.25) is 0 Å². The molecule has 0 aliphatic carbocycles. The van der Waals surface area contributed by atoms with Crippen LogP contribution in [0.1, 0.15) is 10.4 Å². The zero-order valence-electron chi connectivity index (χ0n) is 14.2. The molecule has 0 heterocycles. The number of nitrogens with zero attached hydrogens (tertiary/aromatic N) is 1. The van der Waals surface area contributed by atoms with E-state index >= 15 is 0 Å². The lowest BCUT2D eigenvalue weighted by atomic mass is 10.0. The van der Waals surface area contributed by atoms with Gasteiger partial charge in [-0.2, -0.15) is 0 Å². The second kappa shape index (κ2) is 8.21. The van der Waals surface area contributed by atoms with Crippen LogP contribution in [0.4, 0.5) is 4.39 Å². The van der Waals surface area contributed by atoms with Crippen molar-refractivity contribution in [2.75, 3.05) is 14.1 Å². The van der Waals surface area contributed by atoms with Crippen molar-refractivity contribution in [1.82, 2.24) is 15.7 Å². The van der Waals surface area contributed by atoms with Crippen LogP contribution in [-0.2, 0) is 9.59 Å². The molecule has 0 aliphatic rings. The average Bonchev–Trinajstić information content (AvgIpc) is 2.67. The highest BCUT2D eigenvalue weighted by Crippen LogP contribution is 2.23. The van der Waals surface area contributed by atoms with Crippen LogP contribution in [-0.4, -0.2) is 48.0 Å². The van der Waals surface area contributed by atoms with Crippen molar-refractivity contribution >= 4 is 17.7 Å². The summed E-state index contributed by atoms with van der Waals surface area (Å²) in [7, 11) is 2.57. The highest BCUT2D eigenvalue weighted by Gasteiger charge is 2.33. The van der Waals surface area contributed by atoms with E-state index in [4.69, 9.17) is 5.21 Å². The van der Waals surface area contributed by atoms with Crippen LogP contribution >= 0.6 is 0 Å². The van der Waals surface area contributed by atoms with Gasteiger partial charge in [-0.15, -0.1) is 0 Å². The first kappa shape index (κ1) is 19.1. The normalized spacial score (nSPS) is 11.4. The Labute approximate surface area is 149 Å². The van der Waals surface area contributed by atoms with Gasteiger partial charge >= 0.3 is 0 Å². The molecule has 0 saturated heterocycles. The Morgan fingerprint density at radius 3 is 2.19 bits per heavy atom.